The molecule has 1 aliphatic heterocycles. The Bertz CT molecular complexity index is 1070. The largest absolute Gasteiger partial charge is 0.451 e. The molecule has 1 N–H and O–H groups in total. The van der Waals surface area contributed by atoms with E-state index in [4.69, 9.17) is 16.0 Å². The van der Waals surface area contributed by atoms with Crippen LogP contribution >= 0.6 is 22.9 Å². The van der Waals surface area contributed by atoms with Crippen LogP contribution in [-0.4, -0.2) is 30.4 Å². The number of carbonyl (C=O) groups excluding carboxylic acids is 1. The first-order valence-corrected chi connectivity index (χ1v) is 11.1. The predicted octanol–water partition coefficient (Wildman–Crippen LogP) is 4.77. The third kappa shape index (κ3) is 4.39. The van der Waals surface area contributed by atoms with Crippen molar-refractivity contribution in [2.75, 3.05) is 19.6 Å². The zero-order valence-corrected chi connectivity index (χ0v) is 17.8. The molecule has 1 aromatic carbocycles. The third-order valence-corrected chi connectivity index (χ3v) is 6.77. The summed E-state index contributed by atoms with van der Waals surface area (Å²) in [6.07, 6.45) is 3.61. The molecule has 152 valence electrons. The van der Waals surface area contributed by atoms with Crippen molar-refractivity contribution in [2.24, 2.45) is 0 Å². The van der Waals surface area contributed by atoms with Gasteiger partial charge in [-0.05, 0) is 62.0 Å². The van der Waals surface area contributed by atoms with Crippen LogP contribution in [0.3, 0.4) is 0 Å². The van der Waals surface area contributed by atoms with Gasteiger partial charge in [-0.1, -0.05) is 24.1 Å². The molecule has 2 aromatic heterocycles. The molecule has 29 heavy (non-hydrogen) atoms. The summed E-state index contributed by atoms with van der Waals surface area (Å²) in [7, 11) is 0. The average molecular weight is 431 g/mol. The number of rotatable bonds is 5. The van der Waals surface area contributed by atoms with Crippen LogP contribution in [0.4, 0.5) is 0 Å². The van der Waals surface area contributed by atoms with Gasteiger partial charge in [0.1, 0.15) is 5.58 Å². The first-order valence-electron chi connectivity index (χ1n) is 9.82. The van der Waals surface area contributed by atoms with Crippen LogP contribution in [0.25, 0.3) is 11.0 Å². The van der Waals surface area contributed by atoms with Crippen molar-refractivity contribution in [3.8, 4) is 0 Å². The summed E-state index contributed by atoms with van der Waals surface area (Å²) < 4.78 is 5.73. The Morgan fingerprint density at radius 3 is 2.79 bits per heavy atom. The fraction of sp³-hybridized carbons (Fsp3) is 0.364. The van der Waals surface area contributed by atoms with Gasteiger partial charge in [0.25, 0.3) is 5.91 Å². The fourth-order valence-electron chi connectivity index (χ4n) is 3.79. The number of halogens is 1. The summed E-state index contributed by atoms with van der Waals surface area (Å²) in [5.41, 5.74) is 0.891. The lowest BCUT2D eigenvalue weighted by atomic mass is 10.1. The van der Waals surface area contributed by atoms with Crippen LogP contribution in [0.2, 0.25) is 5.02 Å². The lowest BCUT2D eigenvalue weighted by Crippen LogP contribution is -2.40. The molecule has 5 nitrogen and oxygen atoms in total. The summed E-state index contributed by atoms with van der Waals surface area (Å²) in [4.78, 5) is 28.9. The number of likely N-dealkylation sites (tertiary alicyclic amines) is 1. The van der Waals surface area contributed by atoms with Crippen LogP contribution in [-0.2, 0) is 0 Å². The average Bonchev–Trinajstić information content (AvgIpc) is 3.25. The molecule has 0 aliphatic carbocycles. The van der Waals surface area contributed by atoms with Gasteiger partial charge >= 0.3 is 0 Å². The molecule has 0 radical (unpaired) electrons. The lowest BCUT2D eigenvalue weighted by Gasteiger charge is -2.34. The quantitative estimate of drug-likeness (QED) is 0.633. The summed E-state index contributed by atoms with van der Waals surface area (Å²) in [6, 6.07) is 8.80. The van der Waals surface area contributed by atoms with Gasteiger partial charge < -0.3 is 9.73 Å². The Morgan fingerprint density at radius 1 is 1.28 bits per heavy atom. The Morgan fingerprint density at radius 2 is 2.07 bits per heavy atom. The fourth-order valence-corrected chi connectivity index (χ4v) is 4.81. The Hall–Kier alpha value is -2.15. The highest BCUT2D eigenvalue weighted by molar-refractivity contribution is 7.10. The topological polar surface area (TPSA) is 62.6 Å². The molecule has 0 unspecified atom stereocenters. The minimum Gasteiger partial charge on any atom is -0.451 e. The number of hydrogen-bond acceptors (Lipinski definition) is 5. The third-order valence-electron chi connectivity index (χ3n) is 5.39. The van der Waals surface area contributed by atoms with Gasteiger partial charge in [-0.2, -0.15) is 0 Å². The van der Waals surface area contributed by atoms with E-state index in [2.05, 4.69) is 21.7 Å². The maximum Gasteiger partial charge on any atom is 0.287 e. The molecule has 1 saturated heterocycles. The zero-order chi connectivity index (χ0) is 20.4. The number of hydrogen-bond donors (Lipinski definition) is 1. The number of nitrogens with one attached hydrogen (secondary N) is 1. The molecule has 7 heteroatoms. The van der Waals surface area contributed by atoms with E-state index in [-0.39, 0.29) is 23.1 Å². The van der Waals surface area contributed by atoms with Crippen molar-refractivity contribution in [3.63, 3.8) is 0 Å². The van der Waals surface area contributed by atoms with E-state index in [1.54, 1.807) is 23.5 Å². The van der Waals surface area contributed by atoms with E-state index in [1.807, 2.05) is 13.0 Å². The Labute approximate surface area is 178 Å². The molecule has 1 atom stereocenters. The molecule has 3 aromatic rings. The van der Waals surface area contributed by atoms with Crippen LogP contribution in [0.1, 0.15) is 46.3 Å². The summed E-state index contributed by atoms with van der Waals surface area (Å²) in [6.45, 7) is 4.37. The van der Waals surface area contributed by atoms with Crippen molar-refractivity contribution in [3.05, 3.63) is 67.2 Å². The summed E-state index contributed by atoms with van der Waals surface area (Å²) >= 11 is 7.81. The second-order valence-corrected chi connectivity index (χ2v) is 8.80. The predicted molar refractivity (Wildman–Crippen MR) is 117 cm³/mol. The molecule has 3 heterocycles. The van der Waals surface area contributed by atoms with Gasteiger partial charge in [0, 0.05) is 22.5 Å². The number of fused-ring (bicyclic) bond motifs is 1. The molecule has 1 fully saturated rings. The highest BCUT2D eigenvalue weighted by Gasteiger charge is 2.24. The van der Waals surface area contributed by atoms with Crippen LogP contribution in [0.15, 0.2) is 44.9 Å². The first-order chi connectivity index (χ1) is 14.0. The van der Waals surface area contributed by atoms with E-state index < -0.39 is 0 Å². The van der Waals surface area contributed by atoms with E-state index in [9.17, 15) is 9.59 Å². The van der Waals surface area contributed by atoms with Crippen LogP contribution in [0.5, 0.6) is 0 Å². The van der Waals surface area contributed by atoms with Crippen LogP contribution in [0, 0.1) is 6.92 Å². The highest BCUT2D eigenvalue weighted by atomic mass is 35.5. The molecule has 1 aliphatic rings. The number of carbonyl (C=O) groups is 1. The van der Waals surface area contributed by atoms with Crippen LogP contribution < -0.4 is 10.7 Å². The monoisotopic (exact) mass is 430 g/mol. The maximum absolute atomic E-state index is 12.8. The second-order valence-electron chi connectivity index (χ2n) is 7.41. The number of thiophene rings is 1. The van der Waals surface area contributed by atoms with Crippen molar-refractivity contribution in [1.82, 2.24) is 10.2 Å². The van der Waals surface area contributed by atoms with Crippen molar-refractivity contribution in [1.29, 1.82) is 0 Å². The number of nitrogens with zero attached hydrogens (tertiary/aromatic N) is 1. The van der Waals surface area contributed by atoms with Gasteiger partial charge in [-0.3, -0.25) is 14.5 Å². The Balaban J connectivity index is 1.55. The van der Waals surface area contributed by atoms with E-state index in [1.165, 1.54) is 30.2 Å². The summed E-state index contributed by atoms with van der Waals surface area (Å²) in [5.74, 6) is -0.358. The first kappa shape index (κ1) is 20.1. The number of aryl methyl sites for hydroxylation is 1. The SMILES string of the molecule is Cc1cc2oc(C(=O)NC[C@H](c3cccs3)N3CCCCC3)cc(=O)c2cc1Cl. The molecule has 0 spiro atoms. The molecule has 4 rings (SSSR count). The van der Waals surface area contributed by atoms with E-state index in [0.29, 0.717) is 22.5 Å². The van der Waals surface area contributed by atoms with Crippen molar-refractivity contribution in [2.45, 2.75) is 32.2 Å². The van der Waals surface area contributed by atoms with Gasteiger partial charge in [0.15, 0.2) is 11.2 Å². The number of piperidine rings is 1. The minimum atomic E-state index is -0.379. The van der Waals surface area contributed by atoms with Gasteiger partial charge in [0.05, 0.1) is 11.4 Å². The molecular weight excluding hydrogens is 408 g/mol. The van der Waals surface area contributed by atoms with Gasteiger partial charge in [-0.15, -0.1) is 11.3 Å². The smallest absolute Gasteiger partial charge is 0.287 e. The van der Waals surface area contributed by atoms with Gasteiger partial charge in [-0.25, -0.2) is 0 Å². The highest BCUT2D eigenvalue weighted by Crippen LogP contribution is 2.28. The molecule has 0 bridgehead atoms. The van der Waals surface area contributed by atoms with E-state index in [0.717, 1.165) is 18.7 Å². The Kier molecular flexibility index (Phi) is 6.04. The lowest BCUT2D eigenvalue weighted by molar-refractivity contribution is 0.0899. The minimum absolute atomic E-state index is 0.0211. The second kappa shape index (κ2) is 8.69. The zero-order valence-electron chi connectivity index (χ0n) is 16.2. The number of amides is 1. The molecule has 1 amide bonds. The normalized spacial score (nSPS) is 16.1. The molecule has 0 saturated carbocycles. The molecular formula is C22H23ClN2O3S. The van der Waals surface area contributed by atoms with E-state index >= 15 is 0 Å². The van der Waals surface area contributed by atoms with Crippen molar-refractivity contribution < 1.29 is 9.21 Å². The standard InChI is InChI=1S/C22H23ClN2O3S/c1-14-10-19-15(11-16(14)23)18(26)12-20(28-19)22(27)24-13-17(21-6-5-9-29-21)25-7-3-2-4-8-25/h5-6,9-12,17H,2-4,7-8,13H2,1H3,(H,24,27)/t17-/m1/s1. The van der Waals surface area contributed by atoms with Crippen molar-refractivity contribution >= 4 is 39.8 Å². The summed E-state index contributed by atoms with van der Waals surface area (Å²) in [5, 5.41) is 5.91. The maximum atomic E-state index is 12.8. The number of benzene rings is 1. The van der Waals surface area contributed by atoms with Gasteiger partial charge in [0.2, 0.25) is 0 Å².